The molecule has 16 heavy (non-hydrogen) atoms. The lowest BCUT2D eigenvalue weighted by molar-refractivity contribution is 0.187. The second-order valence-electron chi connectivity index (χ2n) is 4.10. The van der Waals surface area contributed by atoms with Crippen molar-refractivity contribution in [2.75, 3.05) is 6.54 Å². The fraction of sp³-hybridized carbons (Fsp3) is 0.500. The summed E-state index contributed by atoms with van der Waals surface area (Å²) < 4.78 is 14.3. The zero-order valence-electron chi connectivity index (χ0n) is 9.50. The summed E-state index contributed by atoms with van der Waals surface area (Å²) in [6.07, 6.45) is 0.239. The molecule has 0 aliphatic rings. The molecule has 4 heteroatoms. The Hall–Kier alpha value is -0.450. The van der Waals surface area contributed by atoms with E-state index in [0.717, 1.165) is 4.47 Å². The number of aliphatic hydroxyl groups is 1. The standard InChI is InChI=1S/C12H17BrFNO/c1-8(15-7-9(2)16)5-10-3-4-11(13)6-12(10)14/h3-4,6,8-9,15-16H,5,7H2,1-2H3. The van der Waals surface area contributed by atoms with Gasteiger partial charge in [-0.15, -0.1) is 0 Å². The van der Waals surface area contributed by atoms with Crippen LogP contribution < -0.4 is 5.32 Å². The van der Waals surface area contributed by atoms with Crippen LogP contribution in [0.3, 0.4) is 0 Å². The van der Waals surface area contributed by atoms with Crippen molar-refractivity contribution in [3.8, 4) is 0 Å². The predicted molar refractivity (Wildman–Crippen MR) is 66.9 cm³/mol. The maximum atomic E-state index is 13.5. The first-order valence-electron chi connectivity index (χ1n) is 5.34. The minimum absolute atomic E-state index is 0.144. The van der Waals surface area contributed by atoms with E-state index in [9.17, 15) is 4.39 Å². The quantitative estimate of drug-likeness (QED) is 0.873. The van der Waals surface area contributed by atoms with Crippen molar-refractivity contribution in [1.29, 1.82) is 0 Å². The molecule has 0 aliphatic carbocycles. The smallest absolute Gasteiger partial charge is 0.127 e. The molecule has 2 atom stereocenters. The number of nitrogens with one attached hydrogen (secondary N) is 1. The van der Waals surface area contributed by atoms with E-state index in [-0.39, 0.29) is 18.0 Å². The monoisotopic (exact) mass is 289 g/mol. The molecule has 0 radical (unpaired) electrons. The largest absolute Gasteiger partial charge is 0.392 e. The van der Waals surface area contributed by atoms with Gasteiger partial charge in [0.15, 0.2) is 0 Å². The van der Waals surface area contributed by atoms with Crippen LogP contribution >= 0.6 is 15.9 Å². The molecule has 90 valence electrons. The first-order chi connectivity index (χ1) is 7.49. The van der Waals surface area contributed by atoms with Crippen LogP contribution in [-0.4, -0.2) is 23.8 Å². The van der Waals surface area contributed by atoms with Crippen LogP contribution in [-0.2, 0) is 6.42 Å². The predicted octanol–water partition coefficient (Wildman–Crippen LogP) is 2.49. The molecule has 0 saturated carbocycles. The van der Waals surface area contributed by atoms with Gasteiger partial charge in [0.1, 0.15) is 5.82 Å². The molecule has 1 rings (SSSR count). The number of hydrogen-bond acceptors (Lipinski definition) is 2. The van der Waals surface area contributed by atoms with Crippen LogP contribution in [0, 0.1) is 5.82 Å². The lowest BCUT2D eigenvalue weighted by Gasteiger charge is -2.15. The number of halogens is 2. The summed E-state index contributed by atoms with van der Waals surface area (Å²) in [5, 5.41) is 12.3. The fourth-order valence-electron chi connectivity index (χ4n) is 1.46. The zero-order valence-corrected chi connectivity index (χ0v) is 11.1. The average molecular weight is 290 g/mol. The Morgan fingerprint density at radius 3 is 2.69 bits per heavy atom. The van der Waals surface area contributed by atoms with Gasteiger partial charge in [-0.25, -0.2) is 4.39 Å². The molecule has 0 aliphatic heterocycles. The molecule has 0 heterocycles. The minimum atomic E-state index is -0.378. The highest BCUT2D eigenvalue weighted by Gasteiger charge is 2.08. The second-order valence-corrected chi connectivity index (χ2v) is 5.01. The molecular weight excluding hydrogens is 273 g/mol. The van der Waals surface area contributed by atoms with E-state index in [4.69, 9.17) is 5.11 Å². The molecule has 2 nitrogen and oxygen atoms in total. The molecular formula is C12H17BrFNO. The normalized spacial score (nSPS) is 14.8. The Kier molecular flexibility index (Phi) is 5.38. The summed E-state index contributed by atoms with van der Waals surface area (Å²) in [4.78, 5) is 0. The Labute approximate surface area is 104 Å². The van der Waals surface area contributed by atoms with Crippen molar-refractivity contribution >= 4 is 15.9 Å². The molecule has 0 amide bonds. The topological polar surface area (TPSA) is 32.3 Å². The molecule has 2 unspecified atom stereocenters. The van der Waals surface area contributed by atoms with Gasteiger partial charge >= 0.3 is 0 Å². The van der Waals surface area contributed by atoms with E-state index in [1.807, 2.05) is 13.0 Å². The first kappa shape index (κ1) is 13.6. The minimum Gasteiger partial charge on any atom is -0.392 e. The average Bonchev–Trinajstić information content (AvgIpc) is 2.19. The summed E-state index contributed by atoms with van der Waals surface area (Å²) in [5.74, 6) is -0.194. The van der Waals surface area contributed by atoms with Crippen molar-refractivity contribution in [2.45, 2.75) is 32.4 Å². The molecule has 0 fully saturated rings. The molecule has 2 N–H and O–H groups in total. The van der Waals surface area contributed by atoms with E-state index in [1.54, 1.807) is 13.0 Å². The van der Waals surface area contributed by atoms with Crippen LogP contribution in [0.2, 0.25) is 0 Å². The van der Waals surface area contributed by atoms with Crippen molar-refractivity contribution in [2.24, 2.45) is 0 Å². The third kappa shape index (κ3) is 4.60. The maximum Gasteiger partial charge on any atom is 0.127 e. The lowest BCUT2D eigenvalue weighted by atomic mass is 10.1. The van der Waals surface area contributed by atoms with Gasteiger partial charge in [-0.2, -0.15) is 0 Å². The van der Waals surface area contributed by atoms with Crippen molar-refractivity contribution in [3.63, 3.8) is 0 Å². The SMILES string of the molecule is CC(O)CNC(C)Cc1ccc(Br)cc1F. The Bertz CT molecular complexity index is 344. The Morgan fingerprint density at radius 2 is 2.12 bits per heavy atom. The van der Waals surface area contributed by atoms with Gasteiger partial charge in [0.25, 0.3) is 0 Å². The molecule has 1 aromatic carbocycles. The van der Waals surface area contributed by atoms with Crippen LogP contribution in [0.4, 0.5) is 4.39 Å². The van der Waals surface area contributed by atoms with Gasteiger partial charge < -0.3 is 10.4 Å². The van der Waals surface area contributed by atoms with E-state index in [0.29, 0.717) is 18.5 Å². The number of benzene rings is 1. The first-order valence-corrected chi connectivity index (χ1v) is 6.13. The molecule has 0 bridgehead atoms. The number of aliphatic hydroxyl groups excluding tert-OH is 1. The third-order valence-electron chi connectivity index (χ3n) is 2.30. The third-order valence-corrected chi connectivity index (χ3v) is 2.80. The van der Waals surface area contributed by atoms with Crippen molar-refractivity contribution < 1.29 is 9.50 Å². The Balaban J connectivity index is 2.52. The second kappa shape index (κ2) is 6.33. The highest BCUT2D eigenvalue weighted by atomic mass is 79.9. The summed E-state index contributed by atoms with van der Waals surface area (Å²) in [6.45, 7) is 4.23. The number of rotatable bonds is 5. The summed E-state index contributed by atoms with van der Waals surface area (Å²) >= 11 is 3.22. The zero-order chi connectivity index (χ0) is 12.1. The summed E-state index contributed by atoms with van der Waals surface area (Å²) in [6, 6.07) is 5.22. The Morgan fingerprint density at radius 1 is 1.44 bits per heavy atom. The van der Waals surface area contributed by atoms with E-state index < -0.39 is 0 Å². The maximum absolute atomic E-state index is 13.5. The summed E-state index contributed by atoms with van der Waals surface area (Å²) in [5.41, 5.74) is 0.689. The number of hydrogen-bond donors (Lipinski definition) is 2. The molecule has 0 saturated heterocycles. The van der Waals surface area contributed by atoms with Crippen LogP contribution in [0.1, 0.15) is 19.4 Å². The van der Waals surface area contributed by atoms with E-state index in [1.165, 1.54) is 6.07 Å². The van der Waals surface area contributed by atoms with Crippen molar-refractivity contribution in [3.05, 3.63) is 34.1 Å². The lowest BCUT2D eigenvalue weighted by Crippen LogP contribution is -2.34. The fourth-order valence-corrected chi connectivity index (χ4v) is 1.79. The van der Waals surface area contributed by atoms with Crippen LogP contribution in [0.25, 0.3) is 0 Å². The van der Waals surface area contributed by atoms with E-state index >= 15 is 0 Å². The van der Waals surface area contributed by atoms with Gasteiger partial charge in [0.2, 0.25) is 0 Å². The van der Waals surface area contributed by atoms with Gasteiger partial charge in [-0.3, -0.25) is 0 Å². The van der Waals surface area contributed by atoms with Gasteiger partial charge in [0, 0.05) is 17.1 Å². The van der Waals surface area contributed by atoms with E-state index in [2.05, 4.69) is 21.2 Å². The van der Waals surface area contributed by atoms with Crippen molar-refractivity contribution in [1.82, 2.24) is 5.32 Å². The van der Waals surface area contributed by atoms with Gasteiger partial charge in [-0.1, -0.05) is 22.0 Å². The molecule has 1 aromatic rings. The highest BCUT2D eigenvalue weighted by Crippen LogP contribution is 2.16. The van der Waals surface area contributed by atoms with Gasteiger partial charge in [-0.05, 0) is 38.0 Å². The highest BCUT2D eigenvalue weighted by molar-refractivity contribution is 9.10. The van der Waals surface area contributed by atoms with Gasteiger partial charge in [0.05, 0.1) is 6.10 Å². The van der Waals surface area contributed by atoms with Crippen LogP contribution in [0.5, 0.6) is 0 Å². The van der Waals surface area contributed by atoms with Crippen LogP contribution in [0.15, 0.2) is 22.7 Å². The molecule has 0 aromatic heterocycles. The molecule has 0 spiro atoms. The summed E-state index contributed by atoms with van der Waals surface area (Å²) in [7, 11) is 0.